The van der Waals surface area contributed by atoms with Crippen molar-refractivity contribution in [1.29, 1.82) is 0 Å². The largest absolute Gasteiger partial charge is 0.313 e. The van der Waals surface area contributed by atoms with Crippen LogP contribution in [0.5, 0.6) is 0 Å². The van der Waals surface area contributed by atoms with Crippen molar-refractivity contribution in [2.75, 3.05) is 7.05 Å². The average molecular weight is 340 g/mol. The number of likely N-dealkylation sites (N-methyl/N-ethyl adjacent to an activating group) is 1. The first kappa shape index (κ1) is 14.3. The van der Waals surface area contributed by atoms with Gasteiger partial charge in [0.25, 0.3) is 0 Å². The van der Waals surface area contributed by atoms with Gasteiger partial charge in [-0.3, -0.25) is 0 Å². The van der Waals surface area contributed by atoms with Crippen molar-refractivity contribution in [3.63, 3.8) is 0 Å². The van der Waals surface area contributed by atoms with Gasteiger partial charge < -0.3 is 5.32 Å². The Labute approximate surface area is 134 Å². The fourth-order valence-corrected chi connectivity index (χ4v) is 3.27. The Hall–Kier alpha value is -1.64. The molecule has 21 heavy (non-hydrogen) atoms. The van der Waals surface area contributed by atoms with Gasteiger partial charge in [-0.25, -0.2) is 0 Å². The van der Waals surface area contributed by atoms with Crippen LogP contribution in [0.15, 0.2) is 71.2 Å². The summed E-state index contributed by atoms with van der Waals surface area (Å²) in [6.07, 6.45) is 0.976. The van der Waals surface area contributed by atoms with E-state index in [4.69, 9.17) is 0 Å². The van der Waals surface area contributed by atoms with Gasteiger partial charge in [0.15, 0.2) is 0 Å². The van der Waals surface area contributed by atoms with Gasteiger partial charge in [-0.05, 0) is 47.5 Å². The Balaban J connectivity index is 1.98. The van der Waals surface area contributed by atoms with Crippen molar-refractivity contribution >= 4 is 26.7 Å². The molecule has 3 rings (SSSR count). The van der Waals surface area contributed by atoms with Gasteiger partial charge in [0.2, 0.25) is 0 Å². The highest BCUT2D eigenvalue weighted by molar-refractivity contribution is 9.10. The highest BCUT2D eigenvalue weighted by Crippen LogP contribution is 2.27. The van der Waals surface area contributed by atoms with Crippen molar-refractivity contribution in [2.45, 2.75) is 12.5 Å². The van der Waals surface area contributed by atoms with Crippen LogP contribution in [-0.2, 0) is 6.42 Å². The van der Waals surface area contributed by atoms with Crippen LogP contribution in [0.3, 0.4) is 0 Å². The third-order valence-corrected chi connectivity index (χ3v) is 4.37. The van der Waals surface area contributed by atoms with Gasteiger partial charge in [0.1, 0.15) is 0 Å². The molecule has 0 bridgehead atoms. The molecule has 0 spiro atoms. The molecule has 0 aliphatic heterocycles. The molecule has 0 aliphatic carbocycles. The van der Waals surface area contributed by atoms with Crippen LogP contribution < -0.4 is 5.32 Å². The SMILES string of the molecule is CNC(Cc1cccc(Br)c1)c1cccc2ccccc12. The molecule has 1 nitrogen and oxygen atoms in total. The van der Waals surface area contributed by atoms with Gasteiger partial charge in [-0.1, -0.05) is 70.5 Å². The van der Waals surface area contributed by atoms with Gasteiger partial charge in [-0.15, -0.1) is 0 Å². The van der Waals surface area contributed by atoms with Crippen LogP contribution in [0.4, 0.5) is 0 Å². The molecule has 0 amide bonds. The van der Waals surface area contributed by atoms with Crippen LogP contribution in [0.25, 0.3) is 10.8 Å². The lowest BCUT2D eigenvalue weighted by molar-refractivity contribution is 0.596. The molecular weight excluding hydrogens is 322 g/mol. The summed E-state index contributed by atoms with van der Waals surface area (Å²) in [5.41, 5.74) is 2.69. The van der Waals surface area contributed by atoms with Gasteiger partial charge in [-0.2, -0.15) is 0 Å². The van der Waals surface area contributed by atoms with Crippen LogP contribution >= 0.6 is 15.9 Å². The van der Waals surface area contributed by atoms with E-state index in [0.717, 1.165) is 10.9 Å². The minimum Gasteiger partial charge on any atom is -0.313 e. The van der Waals surface area contributed by atoms with E-state index >= 15 is 0 Å². The molecule has 0 heterocycles. The summed E-state index contributed by atoms with van der Waals surface area (Å²) < 4.78 is 1.13. The summed E-state index contributed by atoms with van der Waals surface area (Å²) in [7, 11) is 2.03. The number of halogens is 1. The third kappa shape index (κ3) is 3.17. The van der Waals surface area contributed by atoms with E-state index in [1.807, 2.05) is 7.05 Å². The van der Waals surface area contributed by atoms with E-state index < -0.39 is 0 Å². The quantitative estimate of drug-likeness (QED) is 0.696. The smallest absolute Gasteiger partial charge is 0.0364 e. The van der Waals surface area contributed by atoms with Crippen LogP contribution in [0.1, 0.15) is 17.2 Å². The molecule has 0 aliphatic rings. The fourth-order valence-electron chi connectivity index (χ4n) is 2.82. The summed E-state index contributed by atoms with van der Waals surface area (Å²) in [6, 6.07) is 24.0. The Morgan fingerprint density at radius 2 is 1.71 bits per heavy atom. The van der Waals surface area contributed by atoms with Gasteiger partial charge >= 0.3 is 0 Å². The minimum atomic E-state index is 0.311. The zero-order chi connectivity index (χ0) is 14.7. The Kier molecular flexibility index (Phi) is 4.37. The first-order valence-corrected chi connectivity index (χ1v) is 7.96. The second-order valence-corrected chi connectivity index (χ2v) is 6.16. The molecule has 3 aromatic rings. The Bertz CT molecular complexity index is 746. The fraction of sp³-hybridized carbons (Fsp3) is 0.158. The molecule has 1 unspecified atom stereocenters. The highest BCUT2D eigenvalue weighted by Gasteiger charge is 2.13. The first-order valence-electron chi connectivity index (χ1n) is 7.17. The standard InChI is InChI=1S/C19H18BrN/c1-21-19(13-14-6-4-9-16(20)12-14)18-11-5-8-15-7-2-3-10-17(15)18/h2-12,19,21H,13H2,1H3. The topological polar surface area (TPSA) is 12.0 Å². The molecular formula is C19H18BrN. The first-order chi connectivity index (χ1) is 10.3. The average Bonchev–Trinajstić information content (AvgIpc) is 2.52. The third-order valence-electron chi connectivity index (χ3n) is 3.88. The minimum absolute atomic E-state index is 0.311. The van der Waals surface area contributed by atoms with Crippen molar-refractivity contribution in [3.05, 3.63) is 82.3 Å². The van der Waals surface area contributed by atoms with Crippen LogP contribution in [0, 0.1) is 0 Å². The zero-order valence-corrected chi connectivity index (χ0v) is 13.6. The van der Waals surface area contributed by atoms with Crippen molar-refractivity contribution in [3.8, 4) is 0 Å². The van der Waals surface area contributed by atoms with Gasteiger partial charge in [0, 0.05) is 10.5 Å². The van der Waals surface area contributed by atoms with E-state index in [9.17, 15) is 0 Å². The van der Waals surface area contributed by atoms with Crippen molar-refractivity contribution in [1.82, 2.24) is 5.32 Å². The molecule has 0 saturated carbocycles. The highest BCUT2D eigenvalue weighted by atomic mass is 79.9. The van der Waals surface area contributed by atoms with Gasteiger partial charge in [0.05, 0.1) is 0 Å². The Morgan fingerprint density at radius 3 is 2.52 bits per heavy atom. The molecule has 0 saturated heterocycles. The maximum Gasteiger partial charge on any atom is 0.0364 e. The summed E-state index contributed by atoms with van der Waals surface area (Å²) in [5, 5.41) is 6.09. The molecule has 1 N–H and O–H groups in total. The molecule has 0 aromatic heterocycles. The number of hydrogen-bond acceptors (Lipinski definition) is 1. The lowest BCUT2D eigenvalue weighted by Crippen LogP contribution is -2.19. The molecule has 1 atom stereocenters. The normalized spacial score (nSPS) is 12.5. The summed E-state index contributed by atoms with van der Waals surface area (Å²) in [5.74, 6) is 0. The summed E-state index contributed by atoms with van der Waals surface area (Å²) >= 11 is 3.55. The molecule has 0 radical (unpaired) electrons. The zero-order valence-electron chi connectivity index (χ0n) is 12.0. The van der Waals surface area contributed by atoms with Crippen molar-refractivity contribution in [2.24, 2.45) is 0 Å². The molecule has 106 valence electrons. The van der Waals surface area contributed by atoms with Crippen LogP contribution in [-0.4, -0.2) is 7.05 Å². The second kappa shape index (κ2) is 6.42. The number of hydrogen-bond donors (Lipinski definition) is 1. The second-order valence-electron chi connectivity index (χ2n) is 5.24. The summed E-state index contributed by atoms with van der Waals surface area (Å²) in [4.78, 5) is 0. The van der Waals surface area contributed by atoms with E-state index in [2.05, 4.69) is 88.0 Å². The van der Waals surface area contributed by atoms with E-state index in [0.29, 0.717) is 6.04 Å². The number of rotatable bonds is 4. The monoisotopic (exact) mass is 339 g/mol. The van der Waals surface area contributed by atoms with E-state index in [-0.39, 0.29) is 0 Å². The lowest BCUT2D eigenvalue weighted by atomic mass is 9.94. The van der Waals surface area contributed by atoms with Crippen LogP contribution in [0.2, 0.25) is 0 Å². The maximum absolute atomic E-state index is 3.55. The molecule has 2 heteroatoms. The molecule has 3 aromatic carbocycles. The lowest BCUT2D eigenvalue weighted by Gasteiger charge is -2.19. The summed E-state index contributed by atoms with van der Waals surface area (Å²) in [6.45, 7) is 0. The number of benzene rings is 3. The van der Waals surface area contributed by atoms with E-state index in [1.54, 1.807) is 0 Å². The predicted octanol–water partition coefficient (Wildman–Crippen LogP) is 5.11. The van der Waals surface area contributed by atoms with E-state index in [1.165, 1.54) is 21.9 Å². The predicted molar refractivity (Wildman–Crippen MR) is 93.6 cm³/mol. The molecule has 0 fully saturated rings. The Morgan fingerprint density at radius 1 is 0.952 bits per heavy atom. The maximum atomic E-state index is 3.55. The van der Waals surface area contributed by atoms with Crippen molar-refractivity contribution < 1.29 is 0 Å². The number of fused-ring (bicyclic) bond motifs is 1. The number of nitrogens with one attached hydrogen (secondary N) is 1.